The zero-order valence-electron chi connectivity index (χ0n) is 13.4. The van der Waals surface area contributed by atoms with Crippen molar-refractivity contribution in [2.45, 2.75) is 6.92 Å². The molecule has 0 bridgehead atoms. The quantitative estimate of drug-likeness (QED) is 0.220. The van der Waals surface area contributed by atoms with Crippen LogP contribution in [0.5, 0.6) is 5.75 Å². The van der Waals surface area contributed by atoms with E-state index < -0.39 is 5.97 Å². The minimum Gasteiger partial charge on any atom is -0.492 e. The second-order valence-electron chi connectivity index (χ2n) is 5.21. The summed E-state index contributed by atoms with van der Waals surface area (Å²) in [5.41, 5.74) is 1.79. The Balaban J connectivity index is 1.95. The Labute approximate surface area is 189 Å². The summed E-state index contributed by atoms with van der Waals surface area (Å²) in [6, 6.07) is 9.40. The fourth-order valence-corrected chi connectivity index (χ4v) is 4.43. The number of nitrogens with zero attached hydrogens (tertiary/aromatic N) is 1. The molecule has 2 aromatic rings. The van der Waals surface area contributed by atoms with Crippen molar-refractivity contribution in [2.24, 2.45) is 4.99 Å². The van der Waals surface area contributed by atoms with Crippen molar-refractivity contribution < 1.29 is 14.3 Å². The average Bonchev–Trinajstić information content (AvgIpc) is 2.94. The Hall–Kier alpha value is -0.710. The number of carbonyl (C=O) groups excluding carboxylic acids is 1. The van der Waals surface area contributed by atoms with Crippen LogP contribution in [0.2, 0.25) is 0 Å². The lowest BCUT2D eigenvalue weighted by Gasteiger charge is -2.09. The third-order valence-electron chi connectivity index (χ3n) is 3.40. The Morgan fingerprint density at radius 3 is 2.46 bits per heavy atom. The first-order chi connectivity index (χ1) is 12.4. The molecular weight excluding hydrogens is 645 g/mol. The highest BCUT2D eigenvalue weighted by Crippen LogP contribution is 2.35. The summed E-state index contributed by atoms with van der Waals surface area (Å²) >= 11 is 12.7. The number of aliphatic imine (C=N–C) groups is 1. The van der Waals surface area contributed by atoms with Gasteiger partial charge in [-0.05, 0) is 119 Å². The summed E-state index contributed by atoms with van der Waals surface area (Å²) in [5, 5.41) is 0. The van der Waals surface area contributed by atoms with Crippen LogP contribution in [0.1, 0.15) is 18.1 Å². The van der Waals surface area contributed by atoms with Gasteiger partial charge in [-0.3, -0.25) is 0 Å². The van der Waals surface area contributed by atoms with Crippen molar-refractivity contribution in [3.8, 4) is 5.75 Å². The highest BCUT2D eigenvalue weighted by molar-refractivity contribution is 14.1. The van der Waals surface area contributed by atoms with E-state index in [0.29, 0.717) is 12.5 Å². The molecule has 2 aromatic carbocycles. The van der Waals surface area contributed by atoms with E-state index in [1.165, 1.54) is 0 Å². The van der Waals surface area contributed by atoms with Gasteiger partial charge in [0, 0.05) is 13.6 Å². The molecule has 0 fully saturated rings. The minimum absolute atomic E-state index is 0.248. The molecule has 0 saturated heterocycles. The smallest absolute Gasteiger partial charge is 0.363 e. The number of hydrogen-bond donors (Lipinski definition) is 0. The monoisotopic (exact) mass is 653 g/mol. The Kier molecular flexibility index (Phi) is 6.58. The molecule has 0 saturated carbocycles. The SMILES string of the molecule is CCOc1c(Br)cc(/C=C2\N=C(c3ccc(I)c(Br)c3)OC2=O)cc1Br. The van der Waals surface area contributed by atoms with Gasteiger partial charge in [0.1, 0.15) is 5.75 Å². The zero-order valence-corrected chi connectivity index (χ0v) is 20.3. The normalized spacial score (nSPS) is 15.2. The van der Waals surface area contributed by atoms with Crippen molar-refractivity contribution >= 4 is 88.3 Å². The number of halogens is 4. The van der Waals surface area contributed by atoms with Crippen LogP contribution < -0.4 is 4.74 Å². The van der Waals surface area contributed by atoms with Gasteiger partial charge in [0.2, 0.25) is 5.90 Å². The largest absolute Gasteiger partial charge is 0.492 e. The summed E-state index contributed by atoms with van der Waals surface area (Å²) in [7, 11) is 0. The fourth-order valence-electron chi connectivity index (χ4n) is 2.26. The molecule has 0 radical (unpaired) electrons. The van der Waals surface area contributed by atoms with E-state index in [1.807, 2.05) is 37.3 Å². The van der Waals surface area contributed by atoms with Gasteiger partial charge in [-0.15, -0.1) is 0 Å². The maximum atomic E-state index is 12.2. The van der Waals surface area contributed by atoms with Gasteiger partial charge < -0.3 is 9.47 Å². The van der Waals surface area contributed by atoms with E-state index in [0.717, 1.165) is 33.9 Å². The van der Waals surface area contributed by atoms with Gasteiger partial charge in [0.05, 0.1) is 15.6 Å². The van der Waals surface area contributed by atoms with Crippen LogP contribution in [0.15, 0.2) is 54.4 Å². The summed E-state index contributed by atoms with van der Waals surface area (Å²) in [6.07, 6.45) is 1.68. The first-order valence-corrected chi connectivity index (χ1v) is 10.9. The van der Waals surface area contributed by atoms with Gasteiger partial charge in [-0.25, -0.2) is 9.79 Å². The average molecular weight is 656 g/mol. The van der Waals surface area contributed by atoms with Crippen LogP contribution in [0.3, 0.4) is 0 Å². The molecule has 1 heterocycles. The molecule has 4 nitrogen and oxygen atoms in total. The molecule has 0 unspecified atom stereocenters. The Morgan fingerprint density at radius 2 is 1.85 bits per heavy atom. The molecule has 1 aliphatic heterocycles. The maximum Gasteiger partial charge on any atom is 0.363 e. The number of benzene rings is 2. The number of cyclic esters (lactones) is 1. The fraction of sp³-hybridized carbons (Fsp3) is 0.111. The molecule has 0 N–H and O–H groups in total. The van der Waals surface area contributed by atoms with Gasteiger partial charge in [-0.2, -0.15) is 0 Å². The Morgan fingerprint density at radius 1 is 1.15 bits per heavy atom. The first kappa shape index (κ1) is 20.0. The van der Waals surface area contributed by atoms with Crippen LogP contribution >= 0.6 is 70.4 Å². The molecule has 26 heavy (non-hydrogen) atoms. The summed E-state index contributed by atoms with van der Waals surface area (Å²) in [6.45, 7) is 2.48. The second kappa shape index (κ2) is 8.53. The summed E-state index contributed by atoms with van der Waals surface area (Å²) < 4.78 is 14.5. The molecule has 0 amide bonds. The van der Waals surface area contributed by atoms with Gasteiger partial charge >= 0.3 is 5.97 Å². The van der Waals surface area contributed by atoms with Crippen molar-refractivity contribution in [1.82, 2.24) is 0 Å². The molecule has 0 aliphatic carbocycles. The highest BCUT2D eigenvalue weighted by atomic mass is 127. The lowest BCUT2D eigenvalue weighted by atomic mass is 10.2. The van der Waals surface area contributed by atoms with Crippen molar-refractivity contribution in [3.05, 3.63) is 64.1 Å². The number of rotatable bonds is 4. The standard InChI is InChI=1S/C18H11Br3INO3/c1-2-25-16-12(20)5-9(6-13(16)21)7-15-18(24)26-17(23-15)10-3-4-14(22)11(19)8-10/h3-8H,2H2,1H3/b15-7-. The van der Waals surface area contributed by atoms with Gasteiger partial charge in [0.25, 0.3) is 0 Å². The molecule has 0 spiro atoms. The van der Waals surface area contributed by atoms with E-state index in [1.54, 1.807) is 6.08 Å². The number of ether oxygens (including phenoxy) is 2. The highest BCUT2D eigenvalue weighted by Gasteiger charge is 2.24. The zero-order chi connectivity index (χ0) is 18.8. The molecule has 134 valence electrons. The topological polar surface area (TPSA) is 47.9 Å². The molecule has 8 heteroatoms. The number of hydrogen-bond acceptors (Lipinski definition) is 4. The van der Waals surface area contributed by atoms with E-state index in [4.69, 9.17) is 9.47 Å². The second-order valence-corrected chi connectivity index (χ2v) is 8.94. The number of esters is 1. The van der Waals surface area contributed by atoms with Crippen LogP contribution in [-0.4, -0.2) is 18.5 Å². The third-order valence-corrected chi connectivity index (χ3v) is 6.92. The van der Waals surface area contributed by atoms with E-state index in [9.17, 15) is 4.79 Å². The predicted molar refractivity (Wildman–Crippen MR) is 120 cm³/mol. The van der Waals surface area contributed by atoms with E-state index in [-0.39, 0.29) is 5.70 Å². The number of carbonyl (C=O) groups is 1. The summed E-state index contributed by atoms with van der Waals surface area (Å²) in [5.74, 6) is 0.537. The van der Waals surface area contributed by atoms with Crippen molar-refractivity contribution in [1.29, 1.82) is 0 Å². The molecule has 3 rings (SSSR count). The first-order valence-electron chi connectivity index (χ1n) is 7.49. The third kappa shape index (κ3) is 4.40. The molecule has 0 atom stereocenters. The van der Waals surface area contributed by atoms with Crippen LogP contribution in [0, 0.1) is 3.57 Å². The molecule has 0 aromatic heterocycles. The molecular formula is C18H11Br3INO3. The van der Waals surface area contributed by atoms with E-state index >= 15 is 0 Å². The molecule has 1 aliphatic rings. The van der Waals surface area contributed by atoms with Crippen LogP contribution in [-0.2, 0) is 9.53 Å². The Bertz CT molecular complexity index is 934. The predicted octanol–water partition coefficient (Wildman–Crippen LogP) is 6.32. The van der Waals surface area contributed by atoms with Gasteiger partial charge in [-0.1, -0.05) is 0 Å². The van der Waals surface area contributed by atoms with Crippen LogP contribution in [0.25, 0.3) is 6.08 Å². The lowest BCUT2D eigenvalue weighted by Crippen LogP contribution is -2.05. The van der Waals surface area contributed by atoms with Gasteiger partial charge in [0.15, 0.2) is 5.70 Å². The van der Waals surface area contributed by atoms with Crippen molar-refractivity contribution in [2.75, 3.05) is 6.61 Å². The van der Waals surface area contributed by atoms with Crippen LogP contribution in [0.4, 0.5) is 0 Å². The maximum absolute atomic E-state index is 12.2. The lowest BCUT2D eigenvalue weighted by molar-refractivity contribution is -0.129. The van der Waals surface area contributed by atoms with Crippen molar-refractivity contribution in [3.63, 3.8) is 0 Å². The summed E-state index contributed by atoms with van der Waals surface area (Å²) in [4.78, 5) is 16.5. The minimum atomic E-state index is -0.476. The van der Waals surface area contributed by atoms with E-state index in [2.05, 4.69) is 75.4 Å².